The van der Waals surface area contributed by atoms with Crippen molar-refractivity contribution in [1.82, 2.24) is 9.80 Å². The molecule has 7 nitrogen and oxygen atoms in total. The van der Waals surface area contributed by atoms with Gasteiger partial charge in [0.25, 0.3) is 0 Å². The minimum atomic E-state index is -0.158. The van der Waals surface area contributed by atoms with Gasteiger partial charge in [-0.1, -0.05) is 11.6 Å². The molecule has 1 aliphatic heterocycles. The van der Waals surface area contributed by atoms with Gasteiger partial charge in [0.15, 0.2) is 0 Å². The molecule has 0 radical (unpaired) electrons. The van der Waals surface area contributed by atoms with Crippen LogP contribution in [-0.2, 0) is 11.3 Å². The highest BCUT2D eigenvalue weighted by atomic mass is 35.5. The van der Waals surface area contributed by atoms with Gasteiger partial charge >= 0.3 is 6.03 Å². The Morgan fingerprint density at radius 2 is 2.04 bits per heavy atom. The monoisotopic (exact) mass is 407 g/mol. The van der Waals surface area contributed by atoms with E-state index in [2.05, 4.69) is 10.2 Å². The third-order valence-electron chi connectivity index (χ3n) is 4.49. The van der Waals surface area contributed by atoms with Gasteiger partial charge in [-0.3, -0.25) is 4.90 Å². The van der Waals surface area contributed by atoms with Gasteiger partial charge in [-0.05, 0) is 37.3 Å². The van der Waals surface area contributed by atoms with Crippen molar-refractivity contribution in [3.8, 4) is 5.75 Å². The van der Waals surface area contributed by atoms with Gasteiger partial charge in [0.2, 0.25) is 0 Å². The van der Waals surface area contributed by atoms with Crippen molar-refractivity contribution in [2.75, 3.05) is 51.3 Å². The second kappa shape index (κ2) is 10.4. The summed E-state index contributed by atoms with van der Waals surface area (Å²) < 4.78 is 16.4. The molecule has 0 unspecified atom stereocenters. The fourth-order valence-corrected chi connectivity index (χ4v) is 3.18. The molecule has 0 bridgehead atoms. The lowest BCUT2D eigenvalue weighted by molar-refractivity contribution is 0.110. The van der Waals surface area contributed by atoms with Crippen LogP contribution in [0, 0.1) is 0 Å². The first kappa shape index (κ1) is 20.5. The third-order valence-corrected chi connectivity index (χ3v) is 4.73. The zero-order valence-electron chi connectivity index (χ0n) is 16.0. The number of rotatable bonds is 8. The Morgan fingerprint density at radius 3 is 2.75 bits per heavy atom. The van der Waals surface area contributed by atoms with Crippen LogP contribution in [0.15, 0.2) is 41.0 Å². The van der Waals surface area contributed by atoms with Crippen LogP contribution in [0.25, 0.3) is 0 Å². The van der Waals surface area contributed by atoms with Crippen LogP contribution in [0.4, 0.5) is 10.5 Å². The van der Waals surface area contributed by atoms with Crippen molar-refractivity contribution in [3.05, 3.63) is 47.4 Å². The summed E-state index contributed by atoms with van der Waals surface area (Å²) in [6.07, 6.45) is 1.68. The van der Waals surface area contributed by atoms with E-state index < -0.39 is 0 Å². The summed E-state index contributed by atoms with van der Waals surface area (Å²) in [4.78, 5) is 16.7. The molecule has 0 aliphatic carbocycles. The second-order valence-corrected chi connectivity index (χ2v) is 6.90. The fourth-order valence-electron chi connectivity index (χ4n) is 3.01. The first-order valence-electron chi connectivity index (χ1n) is 9.46. The predicted octanol–water partition coefficient (Wildman–Crippen LogP) is 3.70. The van der Waals surface area contributed by atoms with Gasteiger partial charge in [-0.2, -0.15) is 0 Å². The highest BCUT2D eigenvalue weighted by Gasteiger charge is 2.22. The maximum atomic E-state index is 12.7. The lowest BCUT2D eigenvalue weighted by Gasteiger charge is -2.34. The summed E-state index contributed by atoms with van der Waals surface area (Å²) in [5.74, 6) is 1.51. The number of nitrogens with zero attached hydrogens (tertiary/aromatic N) is 2. The minimum absolute atomic E-state index is 0.158. The summed E-state index contributed by atoms with van der Waals surface area (Å²) in [6.45, 7) is 7.11. The Hall–Kier alpha value is -2.22. The number of halogens is 1. The van der Waals surface area contributed by atoms with Crippen molar-refractivity contribution in [2.45, 2.75) is 13.5 Å². The highest BCUT2D eigenvalue weighted by Crippen LogP contribution is 2.28. The van der Waals surface area contributed by atoms with E-state index in [1.807, 2.05) is 19.1 Å². The van der Waals surface area contributed by atoms with E-state index in [0.717, 1.165) is 25.4 Å². The Morgan fingerprint density at radius 1 is 1.21 bits per heavy atom. The van der Waals surface area contributed by atoms with E-state index in [1.165, 1.54) is 0 Å². The number of nitrogens with one attached hydrogen (secondary N) is 1. The van der Waals surface area contributed by atoms with E-state index in [1.54, 1.807) is 29.4 Å². The molecule has 1 aromatic heterocycles. The van der Waals surface area contributed by atoms with Crippen molar-refractivity contribution in [1.29, 1.82) is 0 Å². The Labute approximate surface area is 170 Å². The standard InChI is InChI=1S/C20H26ClN3O4/c1-2-26-12-13-28-19-6-5-16(21)14-18(19)22-20(25)24-9-7-23(8-10-24)15-17-4-3-11-27-17/h3-6,11,14H,2,7-10,12-13,15H2,1H3,(H,22,25). The first-order chi connectivity index (χ1) is 13.7. The number of piperazine rings is 1. The van der Waals surface area contributed by atoms with E-state index in [-0.39, 0.29) is 6.03 Å². The average molecular weight is 408 g/mol. The zero-order valence-corrected chi connectivity index (χ0v) is 16.8. The zero-order chi connectivity index (χ0) is 19.8. The number of furan rings is 1. The molecular weight excluding hydrogens is 382 g/mol. The van der Waals surface area contributed by atoms with Crippen molar-refractivity contribution in [2.24, 2.45) is 0 Å². The van der Waals surface area contributed by atoms with Crippen molar-refractivity contribution < 1.29 is 18.7 Å². The number of benzene rings is 1. The van der Waals surface area contributed by atoms with Crippen LogP contribution in [0.1, 0.15) is 12.7 Å². The molecule has 1 N–H and O–H groups in total. The molecule has 2 amide bonds. The second-order valence-electron chi connectivity index (χ2n) is 6.46. The topological polar surface area (TPSA) is 67.2 Å². The van der Waals surface area contributed by atoms with Crippen LogP contribution in [0.2, 0.25) is 5.02 Å². The largest absolute Gasteiger partial charge is 0.489 e. The maximum Gasteiger partial charge on any atom is 0.322 e. The minimum Gasteiger partial charge on any atom is -0.489 e. The van der Waals surface area contributed by atoms with Crippen molar-refractivity contribution >= 4 is 23.3 Å². The van der Waals surface area contributed by atoms with Gasteiger partial charge in [0, 0.05) is 37.8 Å². The third kappa shape index (κ3) is 5.89. The molecule has 0 spiro atoms. The lowest BCUT2D eigenvalue weighted by atomic mass is 10.2. The number of ether oxygens (including phenoxy) is 2. The lowest BCUT2D eigenvalue weighted by Crippen LogP contribution is -2.49. The molecule has 0 atom stereocenters. The van der Waals surface area contributed by atoms with Crippen LogP contribution in [0.5, 0.6) is 5.75 Å². The van der Waals surface area contributed by atoms with Crippen LogP contribution < -0.4 is 10.1 Å². The summed E-state index contributed by atoms with van der Waals surface area (Å²) >= 11 is 6.10. The van der Waals surface area contributed by atoms with Crippen LogP contribution >= 0.6 is 11.6 Å². The number of amides is 2. The molecule has 1 aromatic carbocycles. The summed E-state index contributed by atoms with van der Waals surface area (Å²) in [7, 11) is 0. The number of urea groups is 1. The smallest absolute Gasteiger partial charge is 0.322 e. The van der Waals surface area contributed by atoms with Crippen LogP contribution in [-0.4, -0.2) is 61.8 Å². The molecule has 1 aliphatic rings. The molecule has 8 heteroatoms. The SMILES string of the molecule is CCOCCOc1ccc(Cl)cc1NC(=O)N1CCN(Cc2ccco2)CC1. The van der Waals surface area contributed by atoms with Gasteiger partial charge in [0.05, 0.1) is 25.1 Å². The predicted molar refractivity (Wildman–Crippen MR) is 108 cm³/mol. The molecule has 152 valence electrons. The average Bonchev–Trinajstić information content (AvgIpc) is 3.20. The van der Waals surface area contributed by atoms with Gasteiger partial charge in [0.1, 0.15) is 18.1 Å². The highest BCUT2D eigenvalue weighted by molar-refractivity contribution is 6.31. The van der Waals surface area contributed by atoms with E-state index in [4.69, 9.17) is 25.5 Å². The summed E-state index contributed by atoms with van der Waals surface area (Å²) in [5.41, 5.74) is 0.562. The maximum absolute atomic E-state index is 12.7. The molecule has 3 rings (SSSR count). The van der Waals surface area contributed by atoms with Gasteiger partial charge in [-0.25, -0.2) is 4.79 Å². The van der Waals surface area contributed by atoms with E-state index in [9.17, 15) is 4.79 Å². The van der Waals surface area contributed by atoms with Gasteiger partial charge in [-0.15, -0.1) is 0 Å². The number of carbonyl (C=O) groups is 1. The van der Waals surface area contributed by atoms with Crippen LogP contribution in [0.3, 0.4) is 0 Å². The fraction of sp³-hybridized carbons (Fsp3) is 0.450. The molecule has 2 heterocycles. The normalized spacial score (nSPS) is 14.9. The Bertz CT molecular complexity index is 746. The van der Waals surface area contributed by atoms with E-state index >= 15 is 0 Å². The summed E-state index contributed by atoms with van der Waals surface area (Å²) in [5, 5.41) is 3.46. The molecule has 1 fully saturated rings. The molecule has 0 saturated carbocycles. The first-order valence-corrected chi connectivity index (χ1v) is 9.84. The molecule has 1 saturated heterocycles. The van der Waals surface area contributed by atoms with Gasteiger partial charge < -0.3 is 24.1 Å². The Balaban J connectivity index is 1.52. The Kier molecular flexibility index (Phi) is 7.59. The molecule has 28 heavy (non-hydrogen) atoms. The number of carbonyl (C=O) groups excluding carboxylic acids is 1. The molecule has 2 aromatic rings. The number of hydrogen-bond donors (Lipinski definition) is 1. The number of hydrogen-bond acceptors (Lipinski definition) is 5. The molecular formula is C20H26ClN3O4. The summed E-state index contributed by atoms with van der Waals surface area (Å²) in [6, 6.07) is 8.88. The quantitative estimate of drug-likeness (QED) is 0.676. The van der Waals surface area contributed by atoms with Crippen molar-refractivity contribution in [3.63, 3.8) is 0 Å². The number of anilines is 1. The van der Waals surface area contributed by atoms with E-state index in [0.29, 0.717) is 49.4 Å².